The van der Waals surface area contributed by atoms with Gasteiger partial charge in [-0.05, 0) is 48.4 Å². The number of carbonyl (C=O) groups is 1. The van der Waals surface area contributed by atoms with Crippen LogP contribution in [0.2, 0.25) is 5.02 Å². The summed E-state index contributed by atoms with van der Waals surface area (Å²) in [7, 11) is 0. The fraction of sp³-hybridized carbons (Fsp3) is 0.133. The third-order valence-electron chi connectivity index (χ3n) is 2.86. The first-order chi connectivity index (χ1) is 8.97. The van der Waals surface area contributed by atoms with Gasteiger partial charge in [0.1, 0.15) is 11.6 Å². The van der Waals surface area contributed by atoms with Crippen LogP contribution in [0.5, 0.6) is 0 Å². The lowest BCUT2D eigenvalue weighted by molar-refractivity contribution is 0.0992. The Morgan fingerprint density at radius 2 is 1.74 bits per heavy atom. The van der Waals surface area contributed by atoms with Crippen LogP contribution in [-0.2, 0) is 6.42 Å². The summed E-state index contributed by atoms with van der Waals surface area (Å²) < 4.78 is 26.3. The van der Waals surface area contributed by atoms with Crippen LogP contribution >= 0.6 is 11.6 Å². The Bertz CT molecular complexity index is 638. The Kier molecular flexibility index (Phi) is 3.96. The average molecular weight is 281 g/mol. The summed E-state index contributed by atoms with van der Waals surface area (Å²) in [5.74, 6) is -1.22. The molecule has 0 aromatic heterocycles. The van der Waals surface area contributed by atoms with Crippen LogP contribution in [0.25, 0.3) is 0 Å². The molecular formula is C15H11ClF2O. The molecule has 0 aliphatic heterocycles. The molecule has 0 bridgehead atoms. The lowest BCUT2D eigenvalue weighted by Gasteiger charge is -2.07. The number of benzene rings is 2. The van der Waals surface area contributed by atoms with Crippen LogP contribution in [0.1, 0.15) is 21.5 Å². The molecule has 0 N–H and O–H groups in total. The van der Waals surface area contributed by atoms with Crippen LogP contribution in [0.15, 0.2) is 36.4 Å². The highest BCUT2D eigenvalue weighted by atomic mass is 35.5. The Morgan fingerprint density at radius 1 is 1.11 bits per heavy atom. The molecule has 0 fully saturated rings. The van der Waals surface area contributed by atoms with E-state index in [4.69, 9.17) is 11.6 Å². The maximum atomic E-state index is 13.2. The third kappa shape index (κ3) is 3.18. The minimum absolute atomic E-state index is 0.0547. The highest BCUT2D eigenvalue weighted by Gasteiger charge is 2.13. The van der Waals surface area contributed by atoms with E-state index in [-0.39, 0.29) is 12.2 Å². The van der Waals surface area contributed by atoms with Crippen molar-refractivity contribution in [2.24, 2.45) is 0 Å². The molecule has 0 heterocycles. The zero-order chi connectivity index (χ0) is 14.0. The van der Waals surface area contributed by atoms with E-state index >= 15 is 0 Å². The summed E-state index contributed by atoms with van der Waals surface area (Å²) in [6.07, 6.45) is -0.0547. The van der Waals surface area contributed by atoms with E-state index in [1.54, 1.807) is 6.92 Å². The molecule has 0 spiro atoms. The van der Waals surface area contributed by atoms with Crippen molar-refractivity contribution >= 4 is 17.4 Å². The van der Waals surface area contributed by atoms with E-state index in [9.17, 15) is 13.6 Å². The molecule has 0 aliphatic carbocycles. The van der Waals surface area contributed by atoms with Crippen LogP contribution in [0.4, 0.5) is 8.78 Å². The fourth-order valence-corrected chi connectivity index (χ4v) is 2.03. The van der Waals surface area contributed by atoms with E-state index in [1.165, 1.54) is 36.4 Å². The summed E-state index contributed by atoms with van der Waals surface area (Å²) in [6, 6.07) is 7.86. The van der Waals surface area contributed by atoms with Gasteiger partial charge in [-0.3, -0.25) is 4.79 Å². The number of ketones is 1. The lowest BCUT2D eigenvalue weighted by Crippen LogP contribution is -2.07. The fourth-order valence-electron chi connectivity index (χ4n) is 1.84. The molecule has 2 aromatic rings. The van der Waals surface area contributed by atoms with Crippen molar-refractivity contribution in [3.05, 3.63) is 69.7 Å². The number of Topliss-reactive ketones (excluding diaryl/α,β-unsaturated/α-hetero) is 1. The summed E-state index contributed by atoms with van der Waals surface area (Å²) in [5, 5.41) is 0.323. The predicted octanol–water partition coefficient (Wildman–Crippen LogP) is 4.35. The first-order valence-corrected chi connectivity index (χ1v) is 6.08. The van der Waals surface area contributed by atoms with Gasteiger partial charge in [-0.15, -0.1) is 0 Å². The van der Waals surface area contributed by atoms with E-state index in [1.807, 2.05) is 0 Å². The first kappa shape index (κ1) is 13.7. The average Bonchev–Trinajstić information content (AvgIpc) is 2.36. The number of hydrogen-bond acceptors (Lipinski definition) is 1. The van der Waals surface area contributed by atoms with Gasteiger partial charge in [0.2, 0.25) is 0 Å². The molecule has 1 nitrogen and oxygen atoms in total. The zero-order valence-corrected chi connectivity index (χ0v) is 11.0. The van der Waals surface area contributed by atoms with Crippen molar-refractivity contribution in [3.63, 3.8) is 0 Å². The van der Waals surface area contributed by atoms with Gasteiger partial charge in [-0.1, -0.05) is 17.7 Å². The number of hydrogen-bond donors (Lipinski definition) is 0. The summed E-state index contributed by atoms with van der Waals surface area (Å²) >= 11 is 5.91. The summed E-state index contributed by atoms with van der Waals surface area (Å²) in [5.41, 5.74) is 1.37. The number of rotatable bonds is 3. The second-order valence-electron chi connectivity index (χ2n) is 4.29. The maximum Gasteiger partial charge on any atom is 0.167 e. The van der Waals surface area contributed by atoms with Gasteiger partial charge in [-0.25, -0.2) is 8.78 Å². The zero-order valence-electron chi connectivity index (χ0n) is 10.2. The SMILES string of the molecule is Cc1ccc(F)cc1C(=O)Cc1cc(F)ccc1Cl. The number of halogens is 3. The Morgan fingerprint density at radius 3 is 2.47 bits per heavy atom. The highest BCUT2D eigenvalue weighted by molar-refractivity contribution is 6.31. The molecule has 4 heteroatoms. The molecule has 0 amide bonds. The molecule has 0 radical (unpaired) electrons. The molecule has 0 atom stereocenters. The minimum Gasteiger partial charge on any atom is -0.294 e. The van der Waals surface area contributed by atoms with Gasteiger partial charge in [0.25, 0.3) is 0 Å². The second kappa shape index (κ2) is 5.49. The molecule has 2 rings (SSSR count). The van der Waals surface area contributed by atoms with Crippen molar-refractivity contribution in [2.75, 3.05) is 0 Å². The second-order valence-corrected chi connectivity index (χ2v) is 4.70. The molecular weight excluding hydrogens is 270 g/mol. The summed E-state index contributed by atoms with van der Waals surface area (Å²) in [6.45, 7) is 1.72. The first-order valence-electron chi connectivity index (χ1n) is 5.70. The predicted molar refractivity (Wildman–Crippen MR) is 70.6 cm³/mol. The van der Waals surface area contributed by atoms with Gasteiger partial charge < -0.3 is 0 Å². The molecule has 0 saturated carbocycles. The minimum atomic E-state index is -0.473. The molecule has 98 valence electrons. The van der Waals surface area contributed by atoms with Gasteiger partial charge in [0.05, 0.1) is 0 Å². The topological polar surface area (TPSA) is 17.1 Å². The number of carbonyl (C=O) groups excluding carboxylic acids is 1. The van der Waals surface area contributed by atoms with Gasteiger partial charge in [0, 0.05) is 17.0 Å². The number of aryl methyl sites for hydroxylation is 1. The molecule has 2 aromatic carbocycles. The lowest BCUT2D eigenvalue weighted by atomic mass is 9.99. The van der Waals surface area contributed by atoms with Gasteiger partial charge in [0.15, 0.2) is 5.78 Å². The largest absolute Gasteiger partial charge is 0.294 e. The Labute approximate surface area is 114 Å². The quantitative estimate of drug-likeness (QED) is 0.764. The van der Waals surface area contributed by atoms with Crippen LogP contribution in [-0.4, -0.2) is 5.78 Å². The van der Waals surface area contributed by atoms with Crippen molar-refractivity contribution < 1.29 is 13.6 Å². The van der Waals surface area contributed by atoms with E-state index in [0.717, 1.165) is 0 Å². The van der Waals surface area contributed by atoms with Gasteiger partial charge in [-0.2, -0.15) is 0 Å². The van der Waals surface area contributed by atoms with Crippen LogP contribution in [0, 0.1) is 18.6 Å². The summed E-state index contributed by atoms with van der Waals surface area (Å²) in [4.78, 5) is 12.1. The maximum absolute atomic E-state index is 13.2. The molecule has 0 saturated heterocycles. The Hall–Kier alpha value is -1.74. The van der Waals surface area contributed by atoms with Gasteiger partial charge >= 0.3 is 0 Å². The van der Waals surface area contributed by atoms with Crippen molar-refractivity contribution in [1.29, 1.82) is 0 Å². The molecule has 0 aliphatic rings. The van der Waals surface area contributed by atoms with Crippen molar-refractivity contribution in [1.82, 2.24) is 0 Å². The van der Waals surface area contributed by atoms with Crippen molar-refractivity contribution in [2.45, 2.75) is 13.3 Å². The normalized spacial score (nSPS) is 10.5. The monoisotopic (exact) mass is 280 g/mol. The van der Waals surface area contributed by atoms with Crippen LogP contribution in [0.3, 0.4) is 0 Å². The molecule has 0 unspecified atom stereocenters. The highest BCUT2D eigenvalue weighted by Crippen LogP contribution is 2.20. The van der Waals surface area contributed by atoms with E-state index in [2.05, 4.69) is 0 Å². The van der Waals surface area contributed by atoms with E-state index in [0.29, 0.717) is 21.7 Å². The van der Waals surface area contributed by atoms with E-state index < -0.39 is 11.6 Å². The third-order valence-corrected chi connectivity index (χ3v) is 3.23. The standard InChI is InChI=1S/C15H11ClF2O/c1-9-2-3-12(18)8-13(9)15(19)7-10-6-11(17)4-5-14(10)16/h2-6,8H,7H2,1H3. The van der Waals surface area contributed by atoms with Crippen molar-refractivity contribution in [3.8, 4) is 0 Å². The Balaban J connectivity index is 2.30. The smallest absolute Gasteiger partial charge is 0.167 e. The molecule has 19 heavy (non-hydrogen) atoms. The van der Waals surface area contributed by atoms with Crippen LogP contribution < -0.4 is 0 Å².